The summed E-state index contributed by atoms with van der Waals surface area (Å²) in [5, 5.41) is 0. The predicted octanol–water partition coefficient (Wildman–Crippen LogP) is 4.98. The molecule has 0 saturated heterocycles. The van der Waals surface area contributed by atoms with Gasteiger partial charge in [-0.2, -0.15) is 0 Å². The summed E-state index contributed by atoms with van der Waals surface area (Å²) in [4.78, 5) is 0. The minimum atomic E-state index is -0.763. The molecule has 0 unspecified atom stereocenters. The minimum Gasteiger partial charge on any atom is -0.204 e. The second kappa shape index (κ2) is 5.94. The molecule has 0 radical (unpaired) electrons. The molecule has 0 nitrogen and oxygen atoms in total. The number of hydrogen-bond acceptors (Lipinski definition) is 0. The van der Waals surface area contributed by atoms with E-state index in [1.165, 1.54) is 12.1 Å². The van der Waals surface area contributed by atoms with E-state index in [2.05, 4.69) is 12.7 Å². The average Bonchev–Trinajstić information content (AvgIpc) is 2.40. The molecule has 18 heavy (non-hydrogen) atoms. The van der Waals surface area contributed by atoms with Crippen LogP contribution in [0.25, 0.3) is 0 Å². The molecule has 2 heteroatoms. The zero-order chi connectivity index (χ0) is 13.0. The van der Waals surface area contributed by atoms with Crippen LogP contribution in [0.15, 0.2) is 43.0 Å². The van der Waals surface area contributed by atoms with E-state index in [4.69, 9.17) is 0 Å². The Labute approximate surface area is 107 Å². The molecule has 1 aromatic rings. The number of hydrogen-bond donors (Lipinski definition) is 0. The fourth-order valence-electron chi connectivity index (χ4n) is 2.65. The molecule has 1 aliphatic carbocycles. The van der Waals surface area contributed by atoms with Gasteiger partial charge in [0.25, 0.3) is 0 Å². The summed E-state index contributed by atoms with van der Waals surface area (Å²) < 4.78 is 26.1. The maximum absolute atomic E-state index is 13.2. The third-order valence-corrected chi connectivity index (χ3v) is 3.71. The van der Waals surface area contributed by atoms with Crippen molar-refractivity contribution in [1.29, 1.82) is 0 Å². The number of allylic oxidation sites excluding steroid dienone is 3. The van der Waals surface area contributed by atoms with Crippen LogP contribution in [0.5, 0.6) is 0 Å². The molecular weight excluding hydrogens is 230 g/mol. The van der Waals surface area contributed by atoms with Gasteiger partial charge >= 0.3 is 0 Å². The zero-order valence-corrected chi connectivity index (χ0v) is 10.4. The van der Waals surface area contributed by atoms with Crippen LogP contribution in [0, 0.1) is 17.6 Å². The highest BCUT2D eigenvalue weighted by molar-refractivity contribution is 5.22. The summed E-state index contributed by atoms with van der Waals surface area (Å²) in [7, 11) is 0. The van der Waals surface area contributed by atoms with Gasteiger partial charge in [-0.15, -0.1) is 0 Å². The van der Waals surface area contributed by atoms with Crippen molar-refractivity contribution in [2.45, 2.75) is 31.6 Å². The van der Waals surface area contributed by atoms with Gasteiger partial charge in [0, 0.05) is 0 Å². The molecule has 1 aliphatic rings. The Balaban J connectivity index is 1.98. The van der Waals surface area contributed by atoms with E-state index in [9.17, 15) is 8.78 Å². The van der Waals surface area contributed by atoms with Gasteiger partial charge in [0.2, 0.25) is 0 Å². The molecule has 0 aromatic heterocycles. The van der Waals surface area contributed by atoms with Gasteiger partial charge in [-0.05, 0) is 55.2 Å². The van der Waals surface area contributed by atoms with Gasteiger partial charge in [0.05, 0.1) is 0 Å². The van der Waals surface area contributed by atoms with Gasteiger partial charge < -0.3 is 0 Å². The lowest BCUT2D eigenvalue weighted by Crippen LogP contribution is -2.12. The summed E-state index contributed by atoms with van der Waals surface area (Å²) >= 11 is 0. The normalized spacial score (nSPS) is 24.3. The Hall–Kier alpha value is -1.44. The zero-order valence-electron chi connectivity index (χ0n) is 10.4. The van der Waals surface area contributed by atoms with E-state index in [0.29, 0.717) is 11.8 Å². The van der Waals surface area contributed by atoms with Crippen molar-refractivity contribution >= 4 is 0 Å². The van der Waals surface area contributed by atoms with E-state index < -0.39 is 11.6 Å². The molecule has 0 aliphatic heterocycles. The molecule has 0 atom stereocenters. The van der Waals surface area contributed by atoms with Crippen LogP contribution < -0.4 is 0 Å². The number of benzene rings is 1. The van der Waals surface area contributed by atoms with Gasteiger partial charge in [-0.1, -0.05) is 30.9 Å². The second-order valence-corrected chi connectivity index (χ2v) is 4.91. The molecule has 0 heterocycles. The molecule has 0 N–H and O–H groups in total. The van der Waals surface area contributed by atoms with Crippen LogP contribution in [-0.4, -0.2) is 0 Å². The molecule has 0 bridgehead atoms. The average molecular weight is 248 g/mol. The Bertz CT molecular complexity index is 440. The summed E-state index contributed by atoms with van der Waals surface area (Å²) in [5.74, 6) is -0.527. The fourth-order valence-corrected chi connectivity index (χ4v) is 2.65. The lowest BCUT2D eigenvalue weighted by atomic mass is 9.78. The third-order valence-electron chi connectivity index (χ3n) is 3.71. The SMILES string of the molecule is C=C/C=C/C1CCC(c2ccc(F)c(F)c2)CC1. The van der Waals surface area contributed by atoms with Crippen molar-refractivity contribution < 1.29 is 8.78 Å². The highest BCUT2D eigenvalue weighted by atomic mass is 19.2. The maximum Gasteiger partial charge on any atom is 0.159 e. The van der Waals surface area contributed by atoms with Crippen LogP contribution in [0.4, 0.5) is 8.78 Å². The molecule has 1 aromatic carbocycles. The van der Waals surface area contributed by atoms with Crippen LogP contribution in [0.2, 0.25) is 0 Å². The van der Waals surface area contributed by atoms with Crippen LogP contribution in [0.3, 0.4) is 0 Å². The van der Waals surface area contributed by atoms with Crippen molar-refractivity contribution in [2.24, 2.45) is 5.92 Å². The monoisotopic (exact) mass is 248 g/mol. The Morgan fingerprint density at radius 1 is 1.06 bits per heavy atom. The van der Waals surface area contributed by atoms with Crippen molar-refractivity contribution in [3.05, 3.63) is 60.2 Å². The topological polar surface area (TPSA) is 0 Å². The first kappa shape index (κ1) is 13.0. The smallest absolute Gasteiger partial charge is 0.159 e. The quantitative estimate of drug-likeness (QED) is 0.662. The first-order chi connectivity index (χ1) is 8.70. The van der Waals surface area contributed by atoms with Crippen molar-refractivity contribution in [1.82, 2.24) is 0 Å². The first-order valence-electron chi connectivity index (χ1n) is 6.45. The van der Waals surface area contributed by atoms with E-state index in [0.717, 1.165) is 31.2 Å². The molecule has 1 fully saturated rings. The molecule has 96 valence electrons. The van der Waals surface area contributed by atoms with Crippen LogP contribution >= 0.6 is 0 Å². The van der Waals surface area contributed by atoms with Crippen molar-refractivity contribution in [2.75, 3.05) is 0 Å². The molecule has 0 amide bonds. The summed E-state index contributed by atoms with van der Waals surface area (Å²) in [6.07, 6.45) is 10.3. The highest BCUT2D eigenvalue weighted by Crippen LogP contribution is 2.36. The van der Waals surface area contributed by atoms with E-state index in [1.54, 1.807) is 12.1 Å². The predicted molar refractivity (Wildman–Crippen MR) is 70.4 cm³/mol. The Morgan fingerprint density at radius 2 is 1.78 bits per heavy atom. The summed E-state index contributed by atoms with van der Waals surface area (Å²) in [6.45, 7) is 3.66. The molecular formula is C16H18F2. The number of halogens is 2. The molecule has 2 rings (SSSR count). The first-order valence-corrected chi connectivity index (χ1v) is 6.45. The molecule has 1 saturated carbocycles. The fraction of sp³-hybridized carbons (Fsp3) is 0.375. The lowest BCUT2D eigenvalue weighted by Gasteiger charge is -2.27. The summed E-state index contributed by atoms with van der Waals surface area (Å²) in [6, 6.07) is 4.29. The Morgan fingerprint density at radius 3 is 2.39 bits per heavy atom. The van der Waals surface area contributed by atoms with Gasteiger partial charge in [0.1, 0.15) is 0 Å². The second-order valence-electron chi connectivity index (χ2n) is 4.91. The third kappa shape index (κ3) is 3.06. The van der Waals surface area contributed by atoms with Gasteiger partial charge in [0.15, 0.2) is 11.6 Å². The van der Waals surface area contributed by atoms with E-state index >= 15 is 0 Å². The Kier molecular flexibility index (Phi) is 4.29. The van der Waals surface area contributed by atoms with Gasteiger partial charge in [-0.25, -0.2) is 8.78 Å². The van der Waals surface area contributed by atoms with Crippen LogP contribution in [0.1, 0.15) is 37.2 Å². The lowest BCUT2D eigenvalue weighted by molar-refractivity contribution is 0.374. The maximum atomic E-state index is 13.2. The van der Waals surface area contributed by atoms with E-state index in [1.807, 2.05) is 6.08 Å². The standard InChI is InChI=1S/C16H18F2/c1-2-3-4-12-5-7-13(8-6-12)14-9-10-15(17)16(18)11-14/h2-4,9-13H,1,5-8H2/b4-3+. The largest absolute Gasteiger partial charge is 0.204 e. The van der Waals surface area contributed by atoms with E-state index in [-0.39, 0.29) is 0 Å². The molecule has 0 spiro atoms. The van der Waals surface area contributed by atoms with Gasteiger partial charge in [-0.3, -0.25) is 0 Å². The van der Waals surface area contributed by atoms with Crippen molar-refractivity contribution in [3.8, 4) is 0 Å². The highest BCUT2D eigenvalue weighted by Gasteiger charge is 2.21. The van der Waals surface area contributed by atoms with Crippen LogP contribution in [-0.2, 0) is 0 Å². The summed E-state index contributed by atoms with van der Waals surface area (Å²) in [5.41, 5.74) is 0.931. The van der Waals surface area contributed by atoms with Crippen molar-refractivity contribution in [3.63, 3.8) is 0 Å². The number of rotatable bonds is 3. The minimum absolute atomic E-state index is 0.369.